The third kappa shape index (κ3) is 9.07. The van der Waals surface area contributed by atoms with Crippen LogP contribution in [0.3, 0.4) is 0 Å². The van der Waals surface area contributed by atoms with Crippen molar-refractivity contribution in [3.05, 3.63) is 0 Å². The molecule has 0 aromatic rings. The Kier molecular flexibility index (Phi) is 14.5. The van der Waals surface area contributed by atoms with Gasteiger partial charge in [0, 0.05) is 37.3 Å². The first-order valence-electron chi connectivity index (χ1n) is 18.1. The molecule has 3 aliphatic heterocycles. The van der Waals surface area contributed by atoms with Crippen LogP contribution in [0.25, 0.3) is 0 Å². The highest BCUT2D eigenvalue weighted by Crippen LogP contribution is 2.40. The summed E-state index contributed by atoms with van der Waals surface area (Å²) in [5, 5.41) is 60.4. The van der Waals surface area contributed by atoms with Gasteiger partial charge in [0.1, 0.15) is 29.7 Å². The van der Waals surface area contributed by atoms with E-state index in [1.165, 1.54) is 27.9 Å². The van der Waals surface area contributed by atoms with Crippen molar-refractivity contribution in [3.63, 3.8) is 0 Å². The molecule has 3 rings (SSSR count). The maximum atomic E-state index is 14.0. The molecule has 0 spiro atoms. The first-order chi connectivity index (χ1) is 23.1. The van der Waals surface area contributed by atoms with Crippen LogP contribution in [0, 0.1) is 23.7 Å². The lowest BCUT2D eigenvalue weighted by Gasteiger charge is -2.48. The number of hydrogen-bond acceptors (Lipinski definition) is 14. The number of rotatable bonds is 7. The number of carbonyl (C=O) groups excluding carboxylic acids is 2. The molecule has 292 valence electrons. The van der Waals surface area contributed by atoms with Crippen LogP contribution in [-0.4, -0.2) is 136 Å². The molecule has 0 bridgehead atoms. The van der Waals surface area contributed by atoms with Gasteiger partial charge >= 0.3 is 5.97 Å². The van der Waals surface area contributed by atoms with Crippen LogP contribution in [-0.2, 0) is 38.0 Å². The molecule has 0 aromatic heterocycles. The van der Waals surface area contributed by atoms with Crippen molar-refractivity contribution in [1.82, 2.24) is 5.32 Å². The van der Waals surface area contributed by atoms with Crippen LogP contribution in [0.5, 0.6) is 0 Å². The highest BCUT2D eigenvalue weighted by molar-refractivity contribution is 5.83. The van der Waals surface area contributed by atoms with Gasteiger partial charge in [-0.1, -0.05) is 27.7 Å². The smallest absolute Gasteiger partial charge is 0.311 e. The number of cyclic esters (lactones) is 1. The van der Waals surface area contributed by atoms with Crippen LogP contribution in [0.15, 0.2) is 0 Å². The largest absolute Gasteiger partial charge is 0.459 e. The molecule has 3 saturated heterocycles. The molecule has 0 saturated carbocycles. The van der Waals surface area contributed by atoms with E-state index in [9.17, 15) is 35.1 Å². The molecule has 6 N–H and O–H groups in total. The number of esters is 1. The third-order valence-electron chi connectivity index (χ3n) is 11.6. The molecular formula is C36H65NO13. The minimum atomic E-state index is -1.99. The topological polar surface area (TPSA) is 203 Å². The Morgan fingerprint density at radius 3 is 2.08 bits per heavy atom. The first-order valence-corrected chi connectivity index (χ1v) is 18.1. The summed E-state index contributed by atoms with van der Waals surface area (Å²) in [6.45, 7) is 16.3. The number of methoxy groups -OCH3 is 1. The van der Waals surface area contributed by atoms with Crippen molar-refractivity contribution < 1.29 is 63.5 Å². The van der Waals surface area contributed by atoms with Crippen LogP contribution in [0.2, 0.25) is 0 Å². The summed E-state index contributed by atoms with van der Waals surface area (Å²) in [5.74, 6) is -4.98. The fourth-order valence-corrected chi connectivity index (χ4v) is 8.21. The van der Waals surface area contributed by atoms with E-state index < -0.39 is 108 Å². The van der Waals surface area contributed by atoms with Crippen molar-refractivity contribution in [1.29, 1.82) is 0 Å². The zero-order valence-corrected chi connectivity index (χ0v) is 32.0. The molecule has 3 aliphatic rings. The standard InChI is InChI=1S/C36H65NO13/c1-13-24-36(10,44)29(40)19(4)26(38)17(2)15-34(8,43)31(50-33-27(39)23(37-11)14-18(3)46-33)20(5)28(21(6)32(42)48-24)49-25-16-35(9,45-12)30(41)22(7)47-25/h17-25,27-31,33,37,39-41,43-44H,13-16H2,1-12H3/t17?,18?,19?,20?,21?,22?,23?,24?,25?,27?,28?,29?,30?,31?,33?,34-,35-,36-/m1/s1. The number of likely N-dealkylation sites (N-methyl/N-ethyl adjacent to an activating group) is 1. The Morgan fingerprint density at radius 2 is 1.52 bits per heavy atom. The number of aliphatic hydroxyl groups excluding tert-OH is 3. The molecule has 15 unspecified atom stereocenters. The quantitative estimate of drug-likeness (QED) is 0.206. The van der Waals surface area contributed by atoms with Gasteiger partial charge in [0.05, 0.1) is 47.6 Å². The number of nitrogens with one attached hydrogen (secondary N) is 1. The highest BCUT2D eigenvalue weighted by atomic mass is 16.7. The zero-order valence-electron chi connectivity index (χ0n) is 32.0. The summed E-state index contributed by atoms with van der Waals surface area (Å²) < 4.78 is 36.9. The average Bonchev–Trinajstić information content (AvgIpc) is 3.05. The van der Waals surface area contributed by atoms with Gasteiger partial charge < -0.3 is 59.3 Å². The number of Topliss-reactive ketones (excluding diaryl/α,β-unsaturated/α-hetero) is 1. The van der Waals surface area contributed by atoms with E-state index in [2.05, 4.69) is 5.32 Å². The average molecular weight is 720 g/mol. The number of ketones is 1. The van der Waals surface area contributed by atoms with Crippen LogP contribution < -0.4 is 5.32 Å². The molecule has 0 aliphatic carbocycles. The van der Waals surface area contributed by atoms with Crippen molar-refractivity contribution in [2.24, 2.45) is 23.7 Å². The maximum absolute atomic E-state index is 14.0. The zero-order chi connectivity index (χ0) is 38.1. The minimum absolute atomic E-state index is 0.0929. The molecule has 14 heteroatoms. The summed E-state index contributed by atoms with van der Waals surface area (Å²) in [4.78, 5) is 27.8. The second-order valence-corrected chi connectivity index (χ2v) is 15.8. The van der Waals surface area contributed by atoms with Gasteiger partial charge in [-0.15, -0.1) is 0 Å². The summed E-state index contributed by atoms with van der Waals surface area (Å²) in [5.41, 5.74) is -4.84. The van der Waals surface area contributed by atoms with Crippen molar-refractivity contribution in [2.45, 2.75) is 179 Å². The van der Waals surface area contributed by atoms with Gasteiger partial charge in [0.25, 0.3) is 0 Å². The lowest BCUT2D eigenvalue weighted by molar-refractivity contribution is -0.316. The predicted octanol–water partition coefficient (Wildman–Crippen LogP) is 1.44. The summed E-state index contributed by atoms with van der Waals surface area (Å²) in [6, 6.07) is -0.375. The third-order valence-corrected chi connectivity index (χ3v) is 11.6. The van der Waals surface area contributed by atoms with E-state index in [0.29, 0.717) is 6.42 Å². The van der Waals surface area contributed by atoms with Gasteiger partial charge in [0.15, 0.2) is 12.6 Å². The van der Waals surface area contributed by atoms with E-state index in [-0.39, 0.29) is 31.4 Å². The minimum Gasteiger partial charge on any atom is -0.459 e. The number of hydrogen-bond donors (Lipinski definition) is 6. The Balaban J connectivity index is 2.17. The lowest BCUT2D eigenvalue weighted by Crippen LogP contribution is -2.61. The second kappa shape index (κ2) is 16.8. The molecule has 0 aromatic carbocycles. The number of aliphatic hydroxyl groups is 5. The molecule has 18 atom stereocenters. The fourth-order valence-electron chi connectivity index (χ4n) is 8.21. The van der Waals surface area contributed by atoms with Gasteiger partial charge in [-0.2, -0.15) is 0 Å². The highest BCUT2D eigenvalue weighted by Gasteiger charge is 2.53. The fraction of sp³-hybridized carbons (Fsp3) is 0.944. The molecule has 50 heavy (non-hydrogen) atoms. The molecular weight excluding hydrogens is 654 g/mol. The van der Waals surface area contributed by atoms with E-state index in [4.69, 9.17) is 28.4 Å². The first kappa shape index (κ1) is 43.1. The Hall–Kier alpha value is -1.30. The predicted molar refractivity (Wildman–Crippen MR) is 182 cm³/mol. The Labute approximate surface area is 297 Å². The molecule has 3 fully saturated rings. The summed E-state index contributed by atoms with van der Waals surface area (Å²) >= 11 is 0. The Bertz CT molecular complexity index is 1140. The number of carbonyl (C=O) groups is 2. The van der Waals surface area contributed by atoms with Crippen molar-refractivity contribution in [2.75, 3.05) is 14.2 Å². The van der Waals surface area contributed by atoms with Crippen LogP contribution in [0.1, 0.15) is 94.9 Å². The maximum Gasteiger partial charge on any atom is 0.311 e. The van der Waals surface area contributed by atoms with Gasteiger partial charge in [0.2, 0.25) is 0 Å². The van der Waals surface area contributed by atoms with Gasteiger partial charge in [-0.05, 0) is 67.9 Å². The van der Waals surface area contributed by atoms with Crippen molar-refractivity contribution >= 4 is 11.8 Å². The molecule has 0 amide bonds. The van der Waals surface area contributed by atoms with Gasteiger partial charge in [-0.25, -0.2) is 0 Å². The lowest BCUT2D eigenvalue weighted by atomic mass is 9.74. The van der Waals surface area contributed by atoms with E-state index in [1.54, 1.807) is 48.6 Å². The van der Waals surface area contributed by atoms with E-state index in [1.807, 2.05) is 6.92 Å². The van der Waals surface area contributed by atoms with Crippen LogP contribution in [0.4, 0.5) is 0 Å². The summed E-state index contributed by atoms with van der Waals surface area (Å²) in [6.07, 6.45) is -9.76. The Morgan fingerprint density at radius 1 is 0.900 bits per heavy atom. The monoisotopic (exact) mass is 719 g/mol. The molecule has 0 radical (unpaired) electrons. The van der Waals surface area contributed by atoms with Crippen LogP contribution >= 0.6 is 0 Å². The van der Waals surface area contributed by atoms with Crippen molar-refractivity contribution in [3.8, 4) is 0 Å². The molecule has 3 heterocycles. The molecule has 14 nitrogen and oxygen atoms in total. The van der Waals surface area contributed by atoms with Gasteiger partial charge in [-0.3, -0.25) is 9.59 Å². The summed E-state index contributed by atoms with van der Waals surface area (Å²) in [7, 11) is 3.20. The SMILES string of the molecule is CCC1OC(=O)C(C)C(OC2C[C@@](C)(OC)C(O)C(C)O2)C(C)C(OC2OC(C)CC(NC)C2O)[C@](C)(O)CC(C)C(=O)C(C)C(O)[C@]1(C)O. The normalized spacial score (nSPS) is 50.4. The van der Waals surface area contributed by atoms with E-state index in [0.717, 1.165) is 0 Å². The number of ether oxygens (including phenoxy) is 6. The van der Waals surface area contributed by atoms with E-state index >= 15 is 0 Å². The second-order valence-electron chi connectivity index (χ2n) is 15.8.